The third-order valence-corrected chi connectivity index (χ3v) is 2.69. The van der Waals surface area contributed by atoms with Gasteiger partial charge in [0.25, 0.3) is 0 Å². The molecule has 0 aromatic carbocycles. The van der Waals surface area contributed by atoms with E-state index < -0.39 is 0 Å². The molecule has 0 aromatic rings. The summed E-state index contributed by atoms with van der Waals surface area (Å²) in [6.07, 6.45) is 1.86. The van der Waals surface area contributed by atoms with Crippen molar-refractivity contribution in [2.24, 2.45) is 11.8 Å². The summed E-state index contributed by atoms with van der Waals surface area (Å²) in [5.41, 5.74) is 0. The average Bonchev–Trinajstić information content (AvgIpc) is 2.28. The van der Waals surface area contributed by atoms with Crippen LogP contribution in [0.3, 0.4) is 0 Å². The Morgan fingerprint density at radius 2 is 2.06 bits per heavy atom. The molecule has 4 heteroatoms. The number of aliphatic hydroxyl groups excluding tert-OH is 1. The predicted octanol–water partition coefficient (Wildman–Crippen LogP) is 1.18. The van der Waals surface area contributed by atoms with Gasteiger partial charge >= 0.3 is 5.97 Å². The Morgan fingerprint density at radius 1 is 1.38 bits per heavy atom. The maximum Gasteiger partial charge on any atom is 0.309 e. The van der Waals surface area contributed by atoms with Gasteiger partial charge in [0.05, 0.1) is 12.5 Å². The van der Waals surface area contributed by atoms with Crippen molar-refractivity contribution in [3.05, 3.63) is 0 Å². The topological polar surface area (TPSA) is 58.6 Å². The first-order chi connectivity index (χ1) is 7.65. The summed E-state index contributed by atoms with van der Waals surface area (Å²) in [4.78, 5) is 11.3. The standard InChI is InChI=1S/C12H25NO3/c1-4-11(6-7-14)9-13-8-10(3)12(15)16-5-2/h10-11,13-14H,4-9H2,1-3H3. The molecule has 16 heavy (non-hydrogen) atoms. The molecule has 0 saturated heterocycles. The molecule has 0 aliphatic heterocycles. The first-order valence-electron chi connectivity index (χ1n) is 6.13. The number of carbonyl (C=O) groups is 1. The van der Waals surface area contributed by atoms with Gasteiger partial charge in [0.15, 0.2) is 0 Å². The molecule has 0 aromatic heterocycles. The van der Waals surface area contributed by atoms with Crippen LogP contribution in [0.4, 0.5) is 0 Å². The zero-order valence-electron chi connectivity index (χ0n) is 10.7. The highest BCUT2D eigenvalue weighted by Crippen LogP contribution is 2.06. The molecule has 0 bridgehead atoms. The second kappa shape index (κ2) is 9.60. The number of rotatable bonds is 9. The molecule has 0 spiro atoms. The van der Waals surface area contributed by atoms with E-state index in [-0.39, 0.29) is 18.5 Å². The number of aliphatic hydroxyl groups is 1. The number of hydrogen-bond donors (Lipinski definition) is 2. The van der Waals surface area contributed by atoms with Crippen molar-refractivity contribution in [3.63, 3.8) is 0 Å². The number of ether oxygens (including phenoxy) is 1. The highest BCUT2D eigenvalue weighted by atomic mass is 16.5. The first kappa shape index (κ1) is 15.4. The Balaban J connectivity index is 3.66. The Morgan fingerprint density at radius 3 is 2.56 bits per heavy atom. The number of hydrogen-bond acceptors (Lipinski definition) is 4. The Kier molecular flexibility index (Phi) is 9.24. The van der Waals surface area contributed by atoms with Crippen LogP contribution in [0.2, 0.25) is 0 Å². The van der Waals surface area contributed by atoms with Gasteiger partial charge < -0.3 is 15.2 Å². The molecule has 0 fully saturated rings. The molecule has 0 amide bonds. The van der Waals surface area contributed by atoms with Gasteiger partial charge in [-0.1, -0.05) is 20.3 Å². The van der Waals surface area contributed by atoms with Crippen molar-refractivity contribution in [1.82, 2.24) is 5.32 Å². The number of carbonyl (C=O) groups excluding carboxylic acids is 1. The molecule has 2 atom stereocenters. The van der Waals surface area contributed by atoms with Crippen LogP contribution in [-0.2, 0) is 9.53 Å². The molecule has 0 rings (SSSR count). The predicted molar refractivity (Wildman–Crippen MR) is 64.2 cm³/mol. The molecule has 2 unspecified atom stereocenters. The van der Waals surface area contributed by atoms with Gasteiger partial charge in [-0.2, -0.15) is 0 Å². The molecule has 0 saturated carbocycles. The molecule has 0 heterocycles. The molecular formula is C12H25NO3. The van der Waals surface area contributed by atoms with Crippen molar-refractivity contribution in [2.75, 3.05) is 26.3 Å². The third-order valence-electron chi connectivity index (χ3n) is 2.69. The minimum absolute atomic E-state index is 0.105. The lowest BCUT2D eigenvalue weighted by molar-refractivity contribution is -0.147. The van der Waals surface area contributed by atoms with E-state index in [2.05, 4.69) is 12.2 Å². The lowest BCUT2D eigenvalue weighted by atomic mass is 10.0. The molecule has 4 nitrogen and oxygen atoms in total. The van der Waals surface area contributed by atoms with Gasteiger partial charge in [0.2, 0.25) is 0 Å². The molecule has 96 valence electrons. The van der Waals surface area contributed by atoms with E-state index >= 15 is 0 Å². The first-order valence-corrected chi connectivity index (χ1v) is 6.13. The highest BCUT2D eigenvalue weighted by Gasteiger charge is 2.14. The van der Waals surface area contributed by atoms with E-state index in [1.807, 2.05) is 13.8 Å². The molecular weight excluding hydrogens is 206 g/mol. The highest BCUT2D eigenvalue weighted by molar-refractivity contribution is 5.72. The van der Waals surface area contributed by atoms with Crippen LogP contribution in [0.15, 0.2) is 0 Å². The van der Waals surface area contributed by atoms with Crippen LogP contribution < -0.4 is 5.32 Å². The lowest BCUT2D eigenvalue weighted by Gasteiger charge is -2.16. The molecule has 0 aliphatic carbocycles. The van der Waals surface area contributed by atoms with Crippen molar-refractivity contribution < 1.29 is 14.6 Å². The second-order valence-corrected chi connectivity index (χ2v) is 4.10. The summed E-state index contributed by atoms with van der Waals surface area (Å²) in [7, 11) is 0. The van der Waals surface area contributed by atoms with Gasteiger partial charge in [-0.25, -0.2) is 0 Å². The fourth-order valence-corrected chi connectivity index (χ4v) is 1.50. The van der Waals surface area contributed by atoms with E-state index in [0.717, 1.165) is 19.4 Å². The quantitative estimate of drug-likeness (QED) is 0.585. The maximum atomic E-state index is 11.3. The Labute approximate surface area is 98.4 Å². The van der Waals surface area contributed by atoms with Gasteiger partial charge in [-0.3, -0.25) is 4.79 Å². The van der Waals surface area contributed by atoms with Gasteiger partial charge in [-0.05, 0) is 25.8 Å². The van der Waals surface area contributed by atoms with E-state index in [1.54, 1.807) is 0 Å². The summed E-state index contributed by atoms with van der Waals surface area (Å²) < 4.78 is 4.92. The van der Waals surface area contributed by atoms with Gasteiger partial charge in [0, 0.05) is 13.2 Å². The van der Waals surface area contributed by atoms with Crippen molar-refractivity contribution in [1.29, 1.82) is 0 Å². The monoisotopic (exact) mass is 231 g/mol. The van der Waals surface area contributed by atoms with Crippen molar-refractivity contribution in [2.45, 2.75) is 33.6 Å². The minimum atomic E-state index is -0.148. The molecule has 2 N–H and O–H groups in total. The zero-order chi connectivity index (χ0) is 12.4. The van der Waals surface area contributed by atoms with Crippen LogP contribution in [-0.4, -0.2) is 37.4 Å². The summed E-state index contributed by atoms with van der Waals surface area (Å²) >= 11 is 0. The Hall–Kier alpha value is -0.610. The van der Waals surface area contributed by atoms with E-state index in [9.17, 15) is 4.79 Å². The van der Waals surface area contributed by atoms with Crippen molar-refractivity contribution in [3.8, 4) is 0 Å². The van der Waals surface area contributed by atoms with Gasteiger partial charge in [0.1, 0.15) is 0 Å². The number of esters is 1. The lowest BCUT2D eigenvalue weighted by Crippen LogP contribution is -2.31. The Bertz CT molecular complexity index is 185. The van der Waals surface area contributed by atoms with Crippen LogP contribution in [0.25, 0.3) is 0 Å². The summed E-state index contributed by atoms with van der Waals surface area (Å²) in [6.45, 7) is 7.93. The van der Waals surface area contributed by atoms with Crippen LogP contribution in [0.1, 0.15) is 33.6 Å². The van der Waals surface area contributed by atoms with E-state index in [1.165, 1.54) is 0 Å². The largest absolute Gasteiger partial charge is 0.466 e. The average molecular weight is 231 g/mol. The van der Waals surface area contributed by atoms with Crippen LogP contribution >= 0.6 is 0 Å². The smallest absolute Gasteiger partial charge is 0.309 e. The SMILES string of the molecule is CCOC(=O)C(C)CNCC(CC)CCO. The van der Waals surface area contributed by atoms with Crippen LogP contribution in [0.5, 0.6) is 0 Å². The second-order valence-electron chi connectivity index (χ2n) is 4.10. The third kappa shape index (κ3) is 6.80. The molecule has 0 aliphatic rings. The normalized spacial score (nSPS) is 14.5. The number of nitrogens with one attached hydrogen (secondary N) is 1. The fraction of sp³-hybridized carbons (Fsp3) is 0.917. The van der Waals surface area contributed by atoms with E-state index in [4.69, 9.17) is 9.84 Å². The summed E-state index contributed by atoms with van der Waals surface area (Å²) in [6, 6.07) is 0. The fourth-order valence-electron chi connectivity index (χ4n) is 1.50. The zero-order valence-corrected chi connectivity index (χ0v) is 10.7. The van der Waals surface area contributed by atoms with Crippen molar-refractivity contribution >= 4 is 5.97 Å². The minimum Gasteiger partial charge on any atom is -0.466 e. The summed E-state index contributed by atoms with van der Waals surface area (Å²) in [5, 5.41) is 12.1. The van der Waals surface area contributed by atoms with Gasteiger partial charge in [-0.15, -0.1) is 0 Å². The van der Waals surface area contributed by atoms with Crippen LogP contribution in [0, 0.1) is 11.8 Å². The molecule has 0 radical (unpaired) electrons. The van der Waals surface area contributed by atoms with E-state index in [0.29, 0.717) is 19.1 Å². The summed E-state index contributed by atoms with van der Waals surface area (Å²) in [5.74, 6) is 0.233. The maximum absolute atomic E-state index is 11.3.